The number of benzene rings is 2. The molecule has 40 heavy (non-hydrogen) atoms. The fourth-order valence-electron chi connectivity index (χ4n) is 3.81. The van der Waals surface area contributed by atoms with Gasteiger partial charge in [-0.05, 0) is 43.8 Å². The summed E-state index contributed by atoms with van der Waals surface area (Å²) in [6.45, 7) is 8.64. The van der Waals surface area contributed by atoms with Gasteiger partial charge in [0.2, 0.25) is 0 Å². The first-order valence-corrected chi connectivity index (χ1v) is 12.8. The number of nitrogens with zero attached hydrogens (tertiary/aromatic N) is 3. The number of halogens is 1. The SMILES string of the molecule is C=C\C=C(/N=C(\C=C(/N)C(=O)Nc1ccc(C(=O)N2CCN(C)CC2)c(Cl)c1)CC)c1c[c-]c(NC)cc1.[CH3-].[U+2]. The molecule has 0 aromatic heterocycles. The van der Waals surface area contributed by atoms with Crippen LogP contribution < -0.4 is 16.4 Å². The van der Waals surface area contributed by atoms with Crippen LogP contribution in [0.1, 0.15) is 29.3 Å². The molecule has 2 aromatic rings. The predicted molar refractivity (Wildman–Crippen MR) is 163 cm³/mol. The fraction of sp³-hybridized carbons (Fsp3) is 0.267. The van der Waals surface area contributed by atoms with Gasteiger partial charge in [0.25, 0.3) is 11.8 Å². The van der Waals surface area contributed by atoms with Crippen molar-refractivity contribution >= 4 is 46.2 Å². The molecule has 210 valence electrons. The second kappa shape index (κ2) is 17.1. The molecule has 0 bridgehead atoms. The summed E-state index contributed by atoms with van der Waals surface area (Å²) in [6, 6.07) is 13.6. The zero-order valence-electron chi connectivity index (χ0n) is 23.6. The molecule has 3 rings (SSSR count). The van der Waals surface area contributed by atoms with Crippen LogP contribution in [0.15, 0.2) is 71.9 Å². The number of piperazine rings is 1. The number of anilines is 2. The van der Waals surface area contributed by atoms with Crippen molar-refractivity contribution in [1.29, 1.82) is 0 Å². The van der Waals surface area contributed by atoms with Gasteiger partial charge in [0, 0.05) is 50.3 Å². The van der Waals surface area contributed by atoms with E-state index < -0.39 is 5.91 Å². The van der Waals surface area contributed by atoms with E-state index in [1.54, 1.807) is 41.3 Å². The number of rotatable bonds is 9. The third-order valence-electron chi connectivity index (χ3n) is 6.11. The zero-order valence-corrected chi connectivity index (χ0v) is 28.5. The van der Waals surface area contributed by atoms with Gasteiger partial charge in [0.1, 0.15) is 0 Å². The average Bonchev–Trinajstić information content (AvgIpc) is 2.92. The molecule has 1 aliphatic rings. The molecule has 0 aliphatic carbocycles. The Balaban J connectivity index is 0.00000400. The zero-order chi connectivity index (χ0) is 27.7. The molecule has 1 fully saturated rings. The number of amides is 2. The van der Waals surface area contributed by atoms with Gasteiger partial charge in [-0.2, -0.15) is 18.2 Å². The number of nitrogens with one attached hydrogen (secondary N) is 2. The number of carbonyl (C=O) groups is 2. The van der Waals surface area contributed by atoms with Crippen LogP contribution in [0.2, 0.25) is 5.02 Å². The summed E-state index contributed by atoms with van der Waals surface area (Å²) in [7, 11) is 3.86. The molecule has 1 heterocycles. The minimum atomic E-state index is -0.499. The molecule has 0 radical (unpaired) electrons. The van der Waals surface area contributed by atoms with Gasteiger partial charge in [-0.25, -0.2) is 0 Å². The first-order valence-electron chi connectivity index (χ1n) is 12.4. The number of nitrogens with two attached hydrogens (primary N) is 1. The third-order valence-corrected chi connectivity index (χ3v) is 6.42. The Morgan fingerprint density at radius 1 is 1.20 bits per heavy atom. The molecule has 4 N–H and O–H groups in total. The van der Waals surface area contributed by atoms with Gasteiger partial charge in [-0.1, -0.05) is 36.9 Å². The Morgan fingerprint density at radius 2 is 1.90 bits per heavy atom. The van der Waals surface area contributed by atoms with Crippen molar-refractivity contribution in [1.82, 2.24) is 9.80 Å². The van der Waals surface area contributed by atoms with E-state index >= 15 is 0 Å². The minimum Gasteiger partial charge on any atom is -0.410 e. The van der Waals surface area contributed by atoms with E-state index in [0.29, 0.717) is 42.2 Å². The van der Waals surface area contributed by atoms with Crippen molar-refractivity contribution in [3.8, 4) is 0 Å². The number of allylic oxidation sites excluding steroid dienone is 3. The Kier molecular flexibility index (Phi) is 15.0. The number of likely N-dealkylation sites (N-methyl/N-ethyl adjacent to an activating group) is 1. The van der Waals surface area contributed by atoms with Crippen LogP contribution in [0.3, 0.4) is 0 Å². The van der Waals surface area contributed by atoms with E-state index in [4.69, 9.17) is 22.3 Å². The quantitative estimate of drug-likeness (QED) is 0.146. The maximum atomic E-state index is 12.9. The summed E-state index contributed by atoms with van der Waals surface area (Å²) >= 11 is 6.41. The van der Waals surface area contributed by atoms with Crippen LogP contribution in [0.4, 0.5) is 11.4 Å². The van der Waals surface area contributed by atoms with E-state index in [-0.39, 0.29) is 55.2 Å². The van der Waals surface area contributed by atoms with Gasteiger partial charge < -0.3 is 33.6 Å². The summed E-state index contributed by atoms with van der Waals surface area (Å²) in [5.41, 5.74) is 9.96. The summed E-state index contributed by atoms with van der Waals surface area (Å²) in [4.78, 5) is 34.3. The number of hydrogen-bond donors (Lipinski definition) is 3. The molecule has 2 aromatic carbocycles. The van der Waals surface area contributed by atoms with Crippen molar-refractivity contribution in [3.63, 3.8) is 0 Å². The maximum absolute atomic E-state index is 12.9. The van der Waals surface area contributed by atoms with Crippen molar-refractivity contribution in [2.24, 2.45) is 10.7 Å². The minimum absolute atomic E-state index is 0. The molecule has 8 nitrogen and oxygen atoms in total. The maximum Gasteiger partial charge on any atom is 2.00 e. The van der Waals surface area contributed by atoms with Crippen molar-refractivity contribution < 1.29 is 40.7 Å². The normalized spacial score (nSPS) is 14.5. The van der Waals surface area contributed by atoms with Crippen LogP contribution in [0.5, 0.6) is 0 Å². The summed E-state index contributed by atoms with van der Waals surface area (Å²) in [5, 5.41) is 6.04. The monoisotopic (exact) mass is 786 g/mol. The van der Waals surface area contributed by atoms with Crippen molar-refractivity contribution in [3.05, 3.63) is 96.5 Å². The molecule has 1 saturated heterocycles. The molecule has 10 heteroatoms. The molecule has 2 amide bonds. The Morgan fingerprint density at radius 3 is 2.45 bits per heavy atom. The molecule has 1 aliphatic heterocycles. The van der Waals surface area contributed by atoms with Gasteiger partial charge >= 0.3 is 31.1 Å². The first kappa shape index (κ1) is 35.2. The van der Waals surface area contributed by atoms with Crippen molar-refractivity contribution in [2.75, 3.05) is 50.9 Å². The first-order chi connectivity index (χ1) is 18.2. The number of carbonyl (C=O) groups excluding carboxylic acids is 2. The largest absolute Gasteiger partial charge is 2.00 e. The molecule has 0 unspecified atom stereocenters. The van der Waals surface area contributed by atoms with Gasteiger partial charge in [0.15, 0.2) is 0 Å². The average molecular weight is 787 g/mol. The summed E-state index contributed by atoms with van der Waals surface area (Å²) < 4.78 is 0. The Hall–Kier alpha value is -2.83. The van der Waals surface area contributed by atoms with E-state index in [1.807, 2.05) is 39.2 Å². The van der Waals surface area contributed by atoms with E-state index in [2.05, 4.69) is 28.2 Å². The van der Waals surface area contributed by atoms with Crippen molar-refractivity contribution in [2.45, 2.75) is 13.3 Å². The van der Waals surface area contributed by atoms with Crippen LogP contribution in [-0.4, -0.2) is 67.6 Å². The summed E-state index contributed by atoms with van der Waals surface area (Å²) in [5.74, 6) is -0.618. The van der Waals surface area contributed by atoms with Gasteiger partial charge in [0.05, 0.1) is 16.3 Å². The molecular formula is C30H37ClN6O2U. The van der Waals surface area contributed by atoms with E-state index in [1.165, 1.54) is 0 Å². The van der Waals surface area contributed by atoms with Gasteiger partial charge in [-0.15, -0.1) is 11.6 Å². The van der Waals surface area contributed by atoms with Crippen LogP contribution in [0.25, 0.3) is 5.70 Å². The van der Waals surface area contributed by atoms with E-state index in [9.17, 15) is 9.59 Å². The second-order valence-corrected chi connectivity index (χ2v) is 9.24. The molecule has 0 spiro atoms. The molecular weight excluding hydrogens is 750 g/mol. The third kappa shape index (κ3) is 9.67. The molecule has 0 atom stereocenters. The fourth-order valence-corrected chi connectivity index (χ4v) is 4.07. The smallest absolute Gasteiger partial charge is 0.410 e. The standard InChI is InChI=1S/C29H34ClN6O2.CH3.U/c1-5-7-27(20-8-10-22(32-3)11-9-20)33-21(6-2)19-26(31)28(37)34-23-12-13-24(25(30)18-23)29(38)36-16-14-35(4)15-17-36;;/h5,7-10,12-13,18-19,32H,1,6,14-17,31H2,2-4H3,(H,34,37);1H3;/q2*-1;+2/b26-19-,27-7-,33-21-;;. The Labute approximate surface area is 266 Å². The van der Waals surface area contributed by atoms with Crippen LogP contribution in [0, 0.1) is 44.6 Å². The van der Waals surface area contributed by atoms with E-state index in [0.717, 1.165) is 24.3 Å². The predicted octanol–water partition coefficient (Wildman–Crippen LogP) is 4.88. The van der Waals surface area contributed by atoms with Gasteiger partial charge in [-0.3, -0.25) is 14.6 Å². The van der Waals surface area contributed by atoms with Crippen LogP contribution in [-0.2, 0) is 4.79 Å². The number of hydrogen-bond acceptors (Lipinski definition) is 6. The second-order valence-electron chi connectivity index (χ2n) is 8.83. The topological polar surface area (TPSA) is 103 Å². The Bertz CT molecular complexity index is 1270. The van der Waals surface area contributed by atoms with Crippen LogP contribution >= 0.6 is 11.6 Å². The summed E-state index contributed by atoms with van der Waals surface area (Å²) in [6.07, 6.45) is 5.54. The number of aliphatic imine (C=N–C) groups is 1. The molecule has 0 saturated carbocycles.